The van der Waals surface area contributed by atoms with E-state index in [0.29, 0.717) is 23.7 Å². The summed E-state index contributed by atoms with van der Waals surface area (Å²) in [5, 5.41) is 7.04. The Hall–Kier alpha value is -3.68. The van der Waals surface area contributed by atoms with Gasteiger partial charge in [0.2, 0.25) is 12.7 Å². The van der Waals surface area contributed by atoms with Crippen molar-refractivity contribution in [2.45, 2.75) is 13.1 Å². The Balaban J connectivity index is 1.43. The second-order valence-corrected chi connectivity index (χ2v) is 5.91. The standard InChI is InChI=1S/C19H16N4O4/c24-18(21-10-13-1-3-16-17(9-13)27-12-26-16)11-23-19(25)4-2-15(22-23)14-5-7-20-8-6-14/h1-9H,10-12H2,(H,21,24). The van der Waals surface area contributed by atoms with Crippen LogP contribution in [-0.4, -0.2) is 27.5 Å². The van der Waals surface area contributed by atoms with Crippen LogP contribution in [0.2, 0.25) is 0 Å². The summed E-state index contributed by atoms with van der Waals surface area (Å²) in [7, 11) is 0. The summed E-state index contributed by atoms with van der Waals surface area (Å²) < 4.78 is 11.7. The maximum atomic E-state index is 12.2. The lowest BCUT2D eigenvalue weighted by molar-refractivity contribution is -0.122. The van der Waals surface area contributed by atoms with E-state index < -0.39 is 0 Å². The van der Waals surface area contributed by atoms with Crippen molar-refractivity contribution in [3.63, 3.8) is 0 Å². The first-order valence-electron chi connectivity index (χ1n) is 8.33. The minimum Gasteiger partial charge on any atom is -0.454 e. The molecule has 0 atom stereocenters. The van der Waals surface area contributed by atoms with Crippen LogP contribution in [0.1, 0.15) is 5.56 Å². The summed E-state index contributed by atoms with van der Waals surface area (Å²) in [6.07, 6.45) is 3.29. The Morgan fingerprint density at radius 1 is 1.07 bits per heavy atom. The quantitative estimate of drug-likeness (QED) is 0.734. The fraction of sp³-hybridized carbons (Fsp3) is 0.158. The summed E-state index contributed by atoms with van der Waals surface area (Å²) in [5.41, 5.74) is 1.95. The molecule has 0 saturated heterocycles. The normalized spacial score (nSPS) is 12.0. The van der Waals surface area contributed by atoms with E-state index in [4.69, 9.17) is 9.47 Å². The molecule has 0 bridgehead atoms. The van der Waals surface area contributed by atoms with Gasteiger partial charge in [-0.2, -0.15) is 5.10 Å². The second kappa shape index (κ2) is 7.28. The third-order valence-corrected chi connectivity index (χ3v) is 4.06. The number of amides is 1. The molecule has 27 heavy (non-hydrogen) atoms. The van der Waals surface area contributed by atoms with E-state index in [1.54, 1.807) is 36.7 Å². The number of nitrogens with zero attached hydrogens (tertiary/aromatic N) is 3. The highest BCUT2D eigenvalue weighted by atomic mass is 16.7. The molecule has 0 fully saturated rings. The molecule has 0 spiro atoms. The monoisotopic (exact) mass is 364 g/mol. The fourth-order valence-electron chi connectivity index (χ4n) is 2.68. The average Bonchev–Trinajstić information content (AvgIpc) is 3.16. The summed E-state index contributed by atoms with van der Waals surface area (Å²) in [4.78, 5) is 28.2. The number of aromatic nitrogens is 3. The van der Waals surface area contributed by atoms with E-state index in [-0.39, 0.29) is 24.8 Å². The van der Waals surface area contributed by atoms with Gasteiger partial charge in [0.1, 0.15) is 6.54 Å². The first-order chi connectivity index (χ1) is 13.2. The minimum absolute atomic E-state index is 0.164. The van der Waals surface area contributed by atoms with Crippen LogP contribution in [0.5, 0.6) is 11.5 Å². The predicted octanol–water partition coefficient (Wildman–Crippen LogP) is 1.35. The van der Waals surface area contributed by atoms with Gasteiger partial charge in [-0.3, -0.25) is 14.6 Å². The molecule has 0 radical (unpaired) electrons. The third kappa shape index (κ3) is 3.79. The van der Waals surface area contributed by atoms with Crippen molar-refractivity contribution in [3.05, 3.63) is 70.8 Å². The highest BCUT2D eigenvalue weighted by Gasteiger charge is 2.14. The number of carbonyl (C=O) groups is 1. The van der Waals surface area contributed by atoms with Crippen molar-refractivity contribution in [1.82, 2.24) is 20.1 Å². The summed E-state index contributed by atoms with van der Waals surface area (Å²) >= 11 is 0. The van der Waals surface area contributed by atoms with Crippen LogP contribution in [0.15, 0.2) is 59.7 Å². The molecule has 1 N–H and O–H groups in total. The zero-order valence-corrected chi connectivity index (χ0v) is 14.3. The maximum absolute atomic E-state index is 12.2. The average molecular weight is 364 g/mol. The van der Waals surface area contributed by atoms with Crippen molar-refractivity contribution in [1.29, 1.82) is 0 Å². The third-order valence-electron chi connectivity index (χ3n) is 4.06. The number of fused-ring (bicyclic) bond motifs is 1. The molecule has 8 nitrogen and oxygen atoms in total. The van der Waals surface area contributed by atoms with Crippen LogP contribution in [0.25, 0.3) is 11.3 Å². The Morgan fingerprint density at radius 2 is 1.89 bits per heavy atom. The Bertz CT molecular complexity index is 1030. The van der Waals surface area contributed by atoms with Gasteiger partial charge >= 0.3 is 0 Å². The highest BCUT2D eigenvalue weighted by Crippen LogP contribution is 2.32. The Morgan fingerprint density at radius 3 is 2.74 bits per heavy atom. The number of hydrogen-bond acceptors (Lipinski definition) is 6. The first kappa shape index (κ1) is 16.8. The number of benzene rings is 1. The molecule has 1 aromatic carbocycles. The van der Waals surface area contributed by atoms with Crippen LogP contribution < -0.4 is 20.3 Å². The van der Waals surface area contributed by atoms with Crippen LogP contribution in [-0.2, 0) is 17.9 Å². The van der Waals surface area contributed by atoms with Crippen molar-refractivity contribution in [2.75, 3.05) is 6.79 Å². The molecule has 136 valence electrons. The van der Waals surface area contributed by atoms with E-state index in [2.05, 4.69) is 15.4 Å². The fourth-order valence-corrected chi connectivity index (χ4v) is 2.68. The molecule has 4 rings (SSSR count). The molecule has 3 heterocycles. The summed E-state index contributed by atoms with van der Waals surface area (Å²) in [6, 6.07) is 12.1. The molecule has 0 unspecified atom stereocenters. The lowest BCUT2D eigenvalue weighted by Crippen LogP contribution is -2.33. The van der Waals surface area contributed by atoms with E-state index in [1.807, 2.05) is 12.1 Å². The van der Waals surface area contributed by atoms with Crippen LogP contribution in [0, 0.1) is 0 Å². The predicted molar refractivity (Wildman–Crippen MR) is 96.1 cm³/mol. The highest BCUT2D eigenvalue weighted by molar-refractivity contribution is 5.75. The largest absolute Gasteiger partial charge is 0.454 e. The van der Waals surface area contributed by atoms with Gasteiger partial charge in [-0.25, -0.2) is 4.68 Å². The molecule has 2 aromatic heterocycles. The molecule has 0 aliphatic carbocycles. The molecule has 8 heteroatoms. The SMILES string of the molecule is O=C(Cn1nc(-c2ccncc2)ccc1=O)NCc1ccc2c(c1)OCO2. The Kier molecular flexibility index (Phi) is 4.52. The topological polar surface area (TPSA) is 95.3 Å². The molecule has 1 aliphatic rings. The molecular weight excluding hydrogens is 348 g/mol. The number of rotatable bonds is 5. The zero-order valence-electron chi connectivity index (χ0n) is 14.3. The van der Waals surface area contributed by atoms with Crippen LogP contribution in [0.3, 0.4) is 0 Å². The van der Waals surface area contributed by atoms with Gasteiger partial charge in [-0.1, -0.05) is 6.07 Å². The van der Waals surface area contributed by atoms with Gasteiger partial charge in [-0.15, -0.1) is 0 Å². The van der Waals surface area contributed by atoms with Crippen LogP contribution in [0.4, 0.5) is 0 Å². The number of carbonyl (C=O) groups excluding carboxylic acids is 1. The van der Waals surface area contributed by atoms with E-state index in [0.717, 1.165) is 15.8 Å². The number of nitrogens with one attached hydrogen (secondary N) is 1. The molecular formula is C19H16N4O4. The molecule has 1 amide bonds. The summed E-state index contributed by atoms with van der Waals surface area (Å²) in [6.45, 7) is 0.351. The van der Waals surface area contributed by atoms with Gasteiger partial charge in [0.25, 0.3) is 5.56 Å². The maximum Gasteiger partial charge on any atom is 0.267 e. The van der Waals surface area contributed by atoms with Gasteiger partial charge < -0.3 is 14.8 Å². The Labute approximate surface area is 154 Å². The minimum atomic E-state index is -0.342. The van der Waals surface area contributed by atoms with E-state index >= 15 is 0 Å². The molecule has 3 aromatic rings. The van der Waals surface area contributed by atoms with Gasteiger partial charge in [0, 0.05) is 30.6 Å². The lowest BCUT2D eigenvalue weighted by atomic mass is 10.2. The summed E-state index contributed by atoms with van der Waals surface area (Å²) in [5.74, 6) is 1.03. The number of ether oxygens (including phenoxy) is 2. The van der Waals surface area contributed by atoms with Crippen molar-refractivity contribution in [3.8, 4) is 22.8 Å². The van der Waals surface area contributed by atoms with E-state index in [9.17, 15) is 9.59 Å². The van der Waals surface area contributed by atoms with Gasteiger partial charge in [-0.05, 0) is 35.9 Å². The van der Waals surface area contributed by atoms with Crippen molar-refractivity contribution < 1.29 is 14.3 Å². The molecule has 1 aliphatic heterocycles. The smallest absolute Gasteiger partial charge is 0.267 e. The van der Waals surface area contributed by atoms with Crippen molar-refractivity contribution in [2.24, 2.45) is 0 Å². The zero-order chi connectivity index (χ0) is 18.6. The van der Waals surface area contributed by atoms with E-state index in [1.165, 1.54) is 6.07 Å². The molecule has 0 saturated carbocycles. The van der Waals surface area contributed by atoms with Crippen molar-refractivity contribution >= 4 is 5.91 Å². The lowest BCUT2D eigenvalue weighted by Gasteiger charge is -2.09. The number of hydrogen-bond donors (Lipinski definition) is 1. The number of pyridine rings is 1. The second-order valence-electron chi connectivity index (χ2n) is 5.91. The first-order valence-corrected chi connectivity index (χ1v) is 8.33. The van der Waals surface area contributed by atoms with Crippen LogP contribution >= 0.6 is 0 Å². The van der Waals surface area contributed by atoms with Gasteiger partial charge in [0.05, 0.1) is 5.69 Å². The van der Waals surface area contributed by atoms with Gasteiger partial charge in [0.15, 0.2) is 11.5 Å².